The first kappa shape index (κ1) is 16.0. The molecule has 5 heteroatoms. The fraction of sp³-hybridized carbons (Fsp3) is 0.533. The van der Waals surface area contributed by atoms with Crippen LogP contribution < -0.4 is 5.32 Å². The monoisotopic (exact) mass is 406 g/mol. The van der Waals surface area contributed by atoms with Gasteiger partial charge in [0.25, 0.3) is 0 Å². The van der Waals surface area contributed by atoms with Gasteiger partial charge in [0.15, 0.2) is 0 Å². The number of hydrogen-bond donors (Lipinski definition) is 1. The third-order valence-corrected chi connectivity index (χ3v) is 5.44. The number of piperidine rings is 1. The second-order valence-corrected chi connectivity index (χ2v) is 6.79. The molecule has 0 bridgehead atoms. The number of hydrogen-bond acceptors (Lipinski definition) is 2. The van der Waals surface area contributed by atoms with Crippen molar-refractivity contribution in [2.45, 2.75) is 25.8 Å². The van der Waals surface area contributed by atoms with E-state index < -0.39 is 0 Å². The summed E-state index contributed by atoms with van der Waals surface area (Å²) in [6.07, 6.45) is 3.20. The fourth-order valence-corrected chi connectivity index (χ4v) is 3.80. The summed E-state index contributed by atoms with van der Waals surface area (Å²) in [5.41, 5.74) is 1.16. The number of rotatable bonds is 2. The van der Waals surface area contributed by atoms with Gasteiger partial charge in [0.05, 0.1) is 5.41 Å². The van der Waals surface area contributed by atoms with Gasteiger partial charge in [0.1, 0.15) is 0 Å². The zero-order valence-corrected chi connectivity index (χ0v) is 14.4. The summed E-state index contributed by atoms with van der Waals surface area (Å²) in [5.74, 6) is 0.361. The molecule has 2 aliphatic rings. The van der Waals surface area contributed by atoms with Crippen LogP contribution in [0.25, 0.3) is 0 Å². The van der Waals surface area contributed by atoms with Gasteiger partial charge in [-0.15, -0.1) is 12.4 Å². The van der Waals surface area contributed by atoms with Gasteiger partial charge < -0.3 is 10.2 Å². The minimum absolute atomic E-state index is 0. The highest BCUT2D eigenvalue weighted by Crippen LogP contribution is 2.38. The van der Waals surface area contributed by atoms with Crippen molar-refractivity contribution in [3.8, 4) is 0 Å². The molecule has 1 atom stereocenters. The quantitative estimate of drug-likeness (QED) is 0.766. The summed E-state index contributed by atoms with van der Waals surface area (Å²) in [7, 11) is 0. The minimum Gasteiger partial charge on any atom is -0.338 e. The highest BCUT2D eigenvalue weighted by atomic mass is 127. The Hall–Kier alpha value is -0.330. The topological polar surface area (TPSA) is 32.3 Å². The first-order valence-electron chi connectivity index (χ1n) is 6.95. The molecule has 3 nitrogen and oxygen atoms in total. The highest BCUT2D eigenvalue weighted by molar-refractivity contribution is 14.1. The van der Waals surface area contributed by atoms with Crippen molar-refractivity contribution < 1.29 is 4.79 Å². The summed E-state index contributed by atoms with van der Waals surface area (Å²) in [4.78, 5) is 14.7. The van der Waals surface area contributed by atoms with Crippen LogP contribution in [0, 0.1) is 8.99 Å². The van der Waals surface area contributed by atoms with E-state index in [0.717, 1.165) is 45.4 Å². The Bertz CT molecular complexity index is 489. The van der Waals surface area contributed by atoms with Crippen LogP contribution in [0.15, 0.2) is 24.3 Å². The summed E-state index contributed by atoms with van der Waals surface area (Å²) < 4.78 is 1.25. The van der Waals surface area contributed by atoms with Gasteiger partial charge in [-0.3, -0.25) is 4.79 Å². The second-order valence-electron chi connectivity index (χ2n) is 5.63. The molecule has 1 spiro atoms. The molecule has 3 rings (SSSR count). The first-order chi connectivity index (χ1) is 9.21. The average molecular weight is 407 g/mol. The van der Waals surface area contributed by atoms with E-state index in [1.165, 1.54) is 9.13 Å². The van der Waals surface area contributed by atoms with E-state index in [1.54, 1.807) is 0 Å². The molecule has 2 heterocycles. The maximum Gasteiger partial charge on any atom is 0.230 e. The predicted octanol–water partition coefficient (Wildman–Crippen LogP) is 2.82. The molecular weight excluding hydrogens is 387 g/mol. The van der Waals surface area contributed by atoms with Crippen LogP contribution in [0.3, 0.4) is 0 Å². The molecule has 1 unspecified atom stereocenters. The number of nitrogens with one attached hydrogen (secondary N) is 1. The molecule has 2 fully saturated rings. The van der Waals surface area contributed by atoms with Gasteiger partial charge in [-0.05, 0) is 60.0 Å². The van der Waals surface area contributed by atoms with E-state index in [2.05, 4.69) is 46.1 Å². The lowest BCUT2D eigenvalue weighted by molar-refractivity contribution is -0.137. The second kappa shape index (κ2) is 6.62. The van der Waals surface area contributed by atoms with Crippen molar-refractivity contribution in [3.05, 3.63) is 33.4 Å². The molecule has 2 aliphatic heterocycles. The van der Waals surface area contributed by atoms with Crippen molar-refractivity contribution >= 4 is 40.9 Å². The van der Waals surface area contributed by atoms with Gasteiger partial charge in [0, 0.05) is 23.2 Å². The Morgan fingerprint density at radius 1 is 1.30 bits per heavy atom. The molecule has 0 aliphatic carbocycles. The number of amides is 1. The number of carbonyl (C=O) groups is 1. The fourth-order valence-electron chi connectivity index (χ4n) is 3.24. The number of benzene rings is 1. The molecule has 1 aromatic carbocycles. The Kier molecular flexibility index (Phi) is 5.31. The molecule has 1 aromatic rings. The number of carbonyl (C=O) groups excluding carboxylic acids is 1. The smallest absolute Gasteiger partial charge is 0.230 e. The maximum absolute atomic E-state index is 12.7. The Morgan fingerprint density at radius 3 is 2.80 bits per heavy atom. The normalized spacial score (nSPS) is 25.9. The van der Waals surface area contributed by atoms with E-state index in [0.29, 0.717) is 5.91 Å². The highest BCUT2D eigenvalue weighted by Gasteiger charge is 2.46. The molecule has 0 radical (unpaired) electrons. The van der Waals surface area contributed by atoms with Crippen LogP contribution in [0.2, 0.25) is 0 Å². The average Bonchev–Trinajstić information content (AvgIpc) is 2.72. The lowest BCUT2D eigenvalue weighted by atomic mass is 9.79. The van der Waals surface area contributed by atoms with E-state index >= 15 is 0 Å². The van der Waals surface area contributed by atoms with Gasteiger partial charge in [-0.25, -0.2) is 0 Å². The van der Waals surface area contributed by atoms with Crippen LogP contribution in [0.1, 0.15) is 24.8 Å². The Morgan fingerprint density at radius 2 is 2.10 bits per heavy atom. The number of halogens is 2. The van der Waals surface area contributed by atoms with Crippen molar-refractivity contribution in [3.63, 3.8) is 0 Å². The van der Waals surface area contributed by atoms with Crippen molar-refractivity contribution in [1.82, 2.24) is 10.2 Å². The zero-order chi connectivity index (χ0) is 13.3. The molecule has 20 heavy (non-hydrogen) atoms. The molecule has 1 N–H and O–H groups in total. The molecule has 1 amide bonds. The van der Waals surface area contributed by atoms with Crippen molar-refractivity contribution in [1.29, 1.82) is 0 Å². The van der Waals surface area contributed by atoms with E-state index in [9.17, 15) is 4.79 Å². The molecule has 0 aromatic heterocycles. The van der Waals surface area contributed by atoms with E-state index in [4.69, 9.17) is 0 Å². The largest absolute Gasteiger partial charge is 0.338 e. The van der Waals surface area contributed by atoms with Crippen LogP contribution >= 0.6 is 35.0 Å². The molecule has 0 saturated carbocycles. The van der Waals surface area contributed by atoms with E-state index in [1.807, 2.05) is 11.0 Å². The first-order valence-corrected chi connectivity index (χ1v) is 8.03. The van der Waals surface area contributed by atoms with Gasteiger partial charge in [-0.2, -0.15) is 0 Å². The zero-order valence-electron chi connectivity index (χ0n) is 11.4. The van der Waals surface area contributed by atoms with E-state index in [-0.39, 0.29) is 17.8 Å². The third-order valence-electron chi connectivity index (χ3n) is 4.39. The standard InChI is InChI=1S/C15H19IN2O.ClH/c16-13-5-2-1-4-12(13)10-18-9-7-15(14(18)19)6-3-8-17-11-15;/h1-2,4-5,17H,3,6-11H2;1H. The minimum atomic E-state index is -0.0987. The summed E-state index contributed by atoms with van der Waals surface area (Å²) in [5, 5.41) is 3.39. The van der Waals surface area contributed by atoms with Crippen molar-refractivity contribution in [2.24, 2.45) is 5.41 Å². The SMILES string of the molecule is Cl.O=C1N(Cc2ccccc2I)CCC12CCCNC2. The number of likely N-dealkylation sites (tertiary alicyclic amines) is 1. The Labute approximate surface area is 140 Å². The summed E-state index contributed by atoms with van der Waals surface area (Å²) in [6, 6.07) is 8.33. The predicted molar refractivity (Wildman–Crippen MR) is 91.0 cm³/mol. The lowest BCUT2D eigenvalue weighted by Crippen LogP contribution is -2.45. The van der Waals surface area contributed by atoms with Crippen LogP contribution in [-0.2, 0) is 11.3 Å². The van der Waals surface area contributed by atoms with Crippen LogP contribution in [0.4, 0.5) is 0 Å². The Balaban J connectivity index is 0.00000147. The number of nitrogens with zero attached hydrogens (tertiary/aromatic N) is 1. The van der Waals surface area contributed by atoms with Gasteiger partial charge in [0.2, 0.25) is 5.91 Å². The van der Waals surface area contributed by atoms with Crippen LogP contribution in [0.5, 0.6) is 0 Å². The molecule has 110 valence electrons. The molecule has 2 saturated heterocycles. The third kappa shape index (κ3) is 2.97. The van der Waals surface area contributed by atoms with Gasteiger partial charge >= 0.3 is 0 Å². The maximum atomic E-state index is 12.7. The summed E-state index contributed by atoms with van der Waals surface area (Å²) in [6.45, 7) is 3.60. The van der Waals surface area contributed by atoms with Gasteiger partial charge in [-0.1, -0.05) is 18.2 Å². The van der Waals surface area contributed by atoms with Crippen molar-refractivity contribution in [2.75, 3.05) is 19.6 Å². The van der Waals surface area contributed by atoms with Crippen LogP contribution in [-0.4, -0.2) is 30.4 Å². The lowest BCUT2D eigenvalue weighted by Gasteiger charge is -2.32. The molecular formula is C15H20ClIN2O. The summed E-state index contributed by atoms with van der Waals surface area (Å²) >= 11 is 2.35.